The highest BCUT2D eigenvalue weighted by Crippen LogP contribution is 2.22. The number of hydrogen-bond donors (Lipinski definition) is 2. The fraction of sp³-hybridized carbons (Fsp3) is 0.182. The van der Waals surface area contributed by atoms with Crippen LogP contribution >= 0.6 is 0 Å². The Morgan fingerprint density at radius 1 is 1.27 bits per heavy atom. The smallest absolute Gasteiger partial charge is 0.226 e. The molecule has 1 aromatic carbocycles. The van der Waals surface area contributed by atoms with Crippen molar-refractivity contribution in [2.24, 2.45) is 0 Å². The molecular weight excluding hydrogens is 194 g/mol. The van der Waals surface area contributed by atoms with Crippen molar-refractivity contribution in [2.45, 2.75) is 13.0 Å². The van der Waals surface area contributed by atoms with Gasteiger partial charge in [-0.25, -0.2) is 4.98 Å². The number of nitrogens with zero attached hydrogens (tertiary/aromatic N) is 1. The minimum Gasteiger partial charge on any atom is -0.508 e. The quantitative estimate of drug-likeness (QED) is 0.787. The molecule has 1 aromatic heterocycles. The zero-order chi connectivity index (χ0) is 10.8. The number of hydrogen-bond acceptors (Lipinski definition) is 4. The summed E-state index contributed by atoms with van der Waals surface area (Å²) in [5, 5.41) is 18.4. The fourth-order valence-corrected chi connectivity index (χ4v) is 1.21. The first-order chi connectivity index (χ1) is 7.16. The molecule has 1 unspecified atom stereocenters. The Balaban J connectivity index is 2.33. The Kier molecular flexibility index (Phi) is 2.43. The summed E-state index contributed by atoms with van der Waals surface area (Å²) in [4.78, 5) is 4.11. The Bertz CT molecular complexity index is 445. The summed E-state index contributed by atoms with van der Waals surface area (Å²) in [7, 11) is 0. The largest absolute Gasteiger partial charge is 0.508 e. The van der Waals surface area contributed by atoms with Crippen LogP contribution in [0, 0.1) is 0 Å². The summed E-state index contributed by atoms with van der Waals surface area (Å²) in [6.07, 6.45) is 0.784. The zero-order valence-corrected chi connectivity index (χ0v) is 8.21. The molecule has 15 heavy (non-hydrogen) atoms. The van der Waals surface area contributed by atoms with Crippen LogP contribution in [0.5, 0.6) is 5.75 Å². The molecule has 1 heterocycles. The lowest BCUT2D eigenvalue weighted by Gasteiger charge is -1.96. The summed E-state index contributed by atoms with van der Waals surface area (Å²) < 4.78 is 5.20. The highest BCUT2D eigenvalue weighted by atomic mass is 16.3. The fourth-order valence-electron chi connectivity index (χ4n) is 1.21. The molecule has 2 aromatic rings. The van der Waals surface area contributed by atoms with Gasteiger partial charge in [0.2, 0.25) is 5.89 Å². The molecule has 4 heteroatoms. The molecular formula is C11H11NO3. The van der Waals surface area contributed by atoms with Crippen molar-refractivity contribution in [1.29, 1.82) is 0 Å². The maximum Gasteiger partial charge on any atom is 0.226 e. The number of phenolic OH excluding ortho intramolecular Hbond substituents is 1. The number of rotatable bonds is 2. The van der Waals surface area contributed by atoms with E-state index >= 15 is 0 Å². The predicted molar refractivity (Wildman–Crippen MR) is 54.2 cm³/mol. The molecule has 0 fully saturated rings. The topological polar surface area (TPSA) is 66.5 Å². The van der Waals surface area contributed by atoms with Crippen molar-refractivity contribution < 1.29 is 14.6 Å². The zero-order valence-electron chi connectivity index (χ0n) is 8.21. The number of oxazole rings is 1. The van der Waals surface area contributed by atoms with Gasteiger partial charge in [0.25, 0.3) is 0 Å². The maximum absolute atomic E-state index is 9.27. The van der Waals surface area contributed by atoms with Crippen LogP contribution in [0.3, 0.4) is 0 Å². The molecule has 4 nitrogen and oxygen atoms in total. The van der Waals surface area contributed by atoms with Crippen LogP contribution in [0.1, 0.15) is 18.7 Å². The molecule has 0 amide bonds. The molecule has 0 saturated heterocycles. The number of aliphatic hydroxyl groups excluding tert-OH is 1. The second-order valence-electron chi connectivity index (χ2n) is 3.30. The van der Waals surface area contributed by atoms with Gasteiger partial charge >= 0.3 is 0 Å². The molecule has 78 valence electrons. The third-order valence-corrected chi connectivity index (χ3v) is 2.06. The van der Waals surface area contributed by atoms with E-state index in [0.717, 1.165) is 5.56 Å². The van der Waals surface area contributed by atoms with E-state index in [9.17, 15) is 5.11 Å². The van der Waals surface area contributed by atoms with Crippen LogP contribution in [-0.4, -0.2) is 15.2 Å². The van der Waals surface area contributed by atoms with E-state index < -0.39 is 6.10 Å². The van der Waals surface area contributed by atoms with Gasteiger partial charge in [0, 0.05) is 5.56 Å². The first-order valence-electron chi connectivity index (χ1n) is 4.59. The van der Waals surface area contributed by atoms with E-state index in [2.05, 4.69) is 4.98 Å². The molecule has 1 atom stereocenters. The van der Waals surface area contributed by atoms with Crippen LogP contribution in [0.25, 0.3) is 11.5 Å². The average Bonchev–Trinajstić information content (AvgIpc) is 2.68. The minimum atomic E-state index is -0.639. The number of aliphatic hydroxyl groups is 1. The number of benzene rings is 1. The Morgan fingerprint density at radius 2 is 1.93 bits per heavy atom. The van der Waals surface area contributed by atoms with Crippen molar-refractivity contribution in [3.8, 4) is 17.2 Å². The number of phenols is 1. The van der Waals surface area contributed by atoms with E-state index in [1.807, 2.05) is 0 Å². The van der Waals surface area contributed by atoms with Gasteiger partial charge in [0.15, 0.2) is 0 Å². The summed E-state index contributed by atoms with van der Waals surface area (Å²) in [5.41, 5.74) is 1.26. The third kappa shape index (κ3) is 1.99. The summed E-state index contributed by atoms with van der Waals surface area (Å²) in [6, 6.07) is 6.52. The first kappa shape index (κ1) is 9.73. The summed E-state index contributed by atoms with van der Waals surface area (Å²) in [6.45, 7) is 1.62. The number of aromatic nitrogens is 1. The molecule has 0 bridgehead atoms. The first-order valence-corrected chi connectivity index (χ1v) is 4.59. The normalized spacial score (nSPS) is 12.7. The van der Waals surface area contributed by atoms with Crippen LogP contribution in [-0.2, 0) is 0 Å². The predicted octanol–water partition coefficient (Wildman–Crippen LogP) is 2.10. The number of aromatic hydroxyl groups is 1. The van der Waals surface area contributed by atoms with Crippen molar-refractivity contribution in [2.75, 3.05) is 0 Å². The van der Waals surface area contributed by atoms with Gasteiger partial charge in [0.05, 0.1) is 6.10 Å². The van der Waals surface area contributed by atoms with E-state index in [-0.39, 0.29) is 5.75 Å². The van der Waals surface area contributed by atoms with Gasteiger partial charge < -0.3 is 14.6 Å². The molecule has 0 spiro atoms. The molecule has 0 aliphatic carbocycles. The molecule has 2 N–H and O–H groups in total. The summed E-state index contributed by atoms with van der Waals surface area (Å²) in [5.74, 6) is 0.631. The van der Waals surface area contributed by atoms with Crippen LogP contribution in [0.2, 0.25) is 0 Å². The average molecular weight is 205 g/mol. The monoisotopic (exact) mass is 205 g/mol. The van der Waals surface area contributed by atoms with Gasteiger partial charge in [-0.05, 0) is 31.2 Å². The molecule has 0 saturated carbocycles. The third-order valence-electron chi connectivity index (χ3n) is 2.06. The Labute approximate surface area is 86.8 Å². The van der Waals surface area contributed by atoms with E-state index in [1.165, 1.54) is 6.26 Å². The standard InChI is InChI=1S/C11H11NO3/c1-7(13)10-6-15-11(12-10)8-2-4-9(14)5-3-8/h2-7,13-14H,1H3. The van der Waals surface area contributed by atoms with Gasteiger partial charge in [-0.1, -0.05) is 0 Å². The van der Waals surface area contributed by atoms with Crippen LogP contribution in [0.15, 0.2) is 34.9 Å². The van der Waals surface area contributed by atoms with Crippen molar-refractivity contribution >= 4 is 0 Å². The van der Waals surface area contributed by atoms with Crippen molar-refractivity contribution in [1.82, 2.24) is 4.98 Å². The Hall–Kier alpha value is -1.81. The lowest BCUT2D eigenvalue weighted by molar-refractivity contribution is 0.194. The Morgan fingerprint density at radius 3 is 2.47 bits per heavy atom. The maximum atomic E-state index is 9.27. The van der Waals surface area contributed by atoms with Gasteiger partial charge in [0.1, 0.15) is 17.7 Å². The molecule has 0 radical (unpaired) electrons. The second kappa shape index (κ2) is 3.74. The SMILES string of the molecule is CC(O)c1coc(-c2ccc(O)cc2)n1. The van der Waals surface area contributed by atoms with Gasteiger partial charge in [-0.2, -0.15) is 0 Å². The van der Waals surface area contributed by atoms with Crippen molar-refractivity contribution in [3.63, 3.8) is 0 Å². The van der Waals surface area contributed by atoms with Crippen LogP contribution in [0.4, 0.5) is 0 Å². The molecule has 2 rings (SSSR count). The highest BCUT2D eigenvalue weighted by Gasteiger charge is 2.09. The van der Waals surface area contributed by atoms with Crippen LogP contribution < -0.4 is 0 Å². The lowest BCUT2D eigenvalue weighted by atomic mass is 10.2. The second-order valence-corrected chi connectivity index (χ2v) is 3.30. The molecule has 0 aliphatic heterocycles. The van der Waals surface area contributed by atoms with E-state index in [1.54, 1.807) is 31.2 Å². The minimum absolute atomic E-state index is 0.195. The highest BCUT2D eigenvalue weighted by molar-refractivity contribution is 5.54. The van der Waals surface area contributed by atoms with E-state index in [4.69, 9.17) is 9.52 Å². The van der Waals surface area contributed by atoms with E-state index in [0.29, 0.717) is 11.6 Å². The van der Waals surface area contributed by atoms with Gasteiger partial charge in [-0.3, -0.25) is 0 Å². The van der Waals surface area contributed by atoms with Gasteiger partial charge in [-0.15, -0.1) is 0 Å². The summed E-state index contributed by atoms with van der Waals surface area (Å²) >= 11 is 0. The molecule has 0 aliphatic rings. The lowest BCUT2D eigenvalue weighted by Crippen LogP contribution is -1.90. The van der Waals surface area contributed by atoms with Crippen molar-refractivity contribution in [3.05, 3.63) is 36.2 Å².